The van der Waals surface area contributed by atoms with Crippen LogP contribution in [0.25, 0.3) is 0 Å². The summed E-state index contributed by atoms with van der Waals surface area (Å²) in [6.07, 6.45) is 0.209. The van der Waals surface area contributed by atoms with Crippen molar-refractivity contribution in [1.29, 1.82) is 0 Å². The van der Waals surface area contributed by atoms with E-state index in [9.17, 15) is 9.59 Å². The van der Waals surface area contributed by atoms with Crippen LogP contribution in [0.5, 0.6) is 0 Å². The number of hydrogen-bond acceptors (Lipinski definition) is 5. The van der Waals surface area contributed by atoms with E-state index >= 15 is 0 Å². The van der Waals surface area contributed by atoms with E-state index in [0.29, 0.717) is 26.1 Å². The normalized spacial score (nSPS) is 21.4. The number of nitrogens with one attached hydrogen (secondary N) is 1. The summed E-state index contributed by atoms with van der Waals surface area (Å²) in [5, 5.41) is 3.52. The number of hydrogen-bond donors (Lipinski definition) is 1. The zero-order valence-electron chi connectivity index (χ0n) is 17.0. The topological polar surface area (TPSA) is 67.9 Å². The monoisotopic (exact) mass is 376 g/mol. The number of likely N-dealkylation sites (tertiary alicyclic amines) is 1. The molecule has 1 aliphatic rings. The van der Waals surface area contributed by atoms with Crippen LogP contribution in [0.15, 0.2) is 30.3 Å². The van der Waals surface area contributed by atoms with Crippen molar-refractivity contribution in [2.75, 3.05) is 19.7 Å². The van der Waals surface area contributed by atoms with Crippen molar-refractivity contribution < 1.29 is 19.1 Å². The summed E-state index contributed by atoms with van der Waals surface area (Å²) in [5.74, 6) is -0.492. The van der Waals surface area contributed by atoms with Crippen molar-refractivity contribution >= 4 is 12.1 Å². The van der Waals surface area contributed by atoms with Crippen LogP contribution in [0.3, 0.4) is 0 Å². The van der Waals surface area contributed by atoms with E-state index in [1.165, 1.54) is 0 Å². The molecule has 1 aromatic rings. The number of piperidine rings is 1. The molecule has 1 saturated heterocycles. The van der Waals surface area contributed by atoms with Crippen molar-refractivity contribution in [3.05, 3.63) is 35.9 Å². The van der Waals surface area contributed by atoms with Crippen molar-refractivity contribution in [3.63, 3.8) is 0 Å². The fourth-order valence-electron chi connectivity index (χ4n) is 3.30. The third-order valence-electron chi connectivity index (χ3n) is 4.62. The molecule has 0 bridgehead atoms. The third kappa shape index (κ3) is 6.24. The predicted molar refractivity (Wildman–Crippen MR) is 104 cm³/mol. The van der Waals surface area contributed by atoms with Gasteiger partial charge in [0.1, 0.15) is 5.60 Å². The lowest BCUT2D eigenvalue weighted by Crippen LogP contribution is -2.56. The molecule has 1 N–H and O–H groups in total. The SMILES string of the molecule is CCOC(=O)[C@@H]1CCN(C(=O)OC(C)(C)C)C[C@@H]1N[C@@H](C)c1ccccc1. The van der Waals surface area contributed by atoms with Gasteiger partial charge in [0.15, 0.2) is 0 Å². The number of amides is 1. The Morgan fingerprint density at radius 1 is 1.26 bits per heavy atom. The summed E-state index contributed by atoms with van der Waals surface area (Å²) in [4.78, 5) is 26.6. The largest absolute Gasteiger partial charge is 0.466 e. The highest BCUT2D eigenvalue weighted by Crippen LogP contribution is 2.24. The Balaban J connectivity index is 2.12. The number of carbonyl (C=O) groups is 2. The Kier molecular flexibility index (Phi) is 7.25. The third-order valence-corrected chi connectivity index (χ3v) is 4.62. The van der Waals surface area contributed by atoms with Crippen LogP contribution in [0.4, 0.5) is 4.79 Å². The molecule has 0 aliphatic carbocycles. The standard InChI is InChI=1S/C21H32N2O4/c1-6-26-19(24)17-12-13-23(20(25)27-21(3,4)5)14-18(17)22-15(2)16-10-8-7-9-11-16/h7-11,15,17-18,22H,6,12-14H2,1-5H3/t15-,17+,18-/m0/s1. The number of nitrogens with zero attached hydrogens (tertiary/aromatic N) is 1. The van der Waals surface area contributed by atoms with E-state index in [1.54, 1.807) is 4.90 Å². The Bertz CT molecular complexity index is 627. The van der Waals surface area contributed by atoms with Crippen LogP contribution in [0.2, 0.25) is 0 Å². The van der Waals surface area contributed by atoms with Crippen molar-refractivity contribution in [2.45, 2.75) is 58.7 Å². The molecule has 0 spiro atoms. The maximum absolute atomic E-state index is 12.5. The van der Waals surface area contributed by atoms with Gasteiger partial charge in [-0.15, -0.1) is 0 Å². The van der Waals surface area contributed by atoms with Gasteiger partial charge in [-0.05, 0) is 46.6 Å². The molecule has 2 rings (SSSR count). The average molecular weight is 376 g/mol. The number of rotatable bonds is 5. The Labute approximate surface area is 162 Å². The maximum atomic E-state index is 12.5. The van der Waals surface area contributed by atoms with Gasteiger partial charge in [0.25, 0.3) is 0 Å². The van der Waals surface area contributed by atoms with E-state index in [4.69, 9.17) is 9.47 Å². The molecule has 6 nitrogen and oxygen atoms in total. The number of ether oxygens (including phenoxy) is 2. The van der Waals surface area contributed by atoms with Gasteiger partial charge in [-0.3, -0.25) is 4.79 Å². The second-order valence-corrected chi connectivity index (χ2v) is 7.98. The van der Waals surface area contributed by atoms with Crippen LogP contribution in [0.1, 0.15) is 52.6 Å². The van der Waals surface area contributed by atoms with Crippen LogP contribution in [0, 0.1) is 5.92 Å². The summed E-state index contributed by atoms with van der Waals surface area (Å²) in [7, 11) is 0. The molecular weight excluding hydrogens is 344 g/mol. The second-order valence-electron chi connectivity index (χ2n) is 7.98. The first-order valence-corrected chi connectivity index (χ1v) is 9.67. The molecule has 0 unspecified atom stereocenters. The van der Waals surface area contributed by atoms with Crippen molar-refractivity contribution in [2.24, 2.45) is 5.92 Å². The molecule has 1 amide bonds. The molecule has 0 saturated carbocycles. The van der Waals surface area contributed by atoms with Gasteiger partial charge in [0, 0.05) is 25.2 Å². The minimum atomic E-state index is -0.546. The van der Waals surface area contributed by atoms with Gasteiger partial charge in [0.05, 0.1) is 12.5 Å². The summed E-state index contributed by atoms with van der Waals surface area (Å²) >= 11 is 0. The average Bonchev–Trinajstić information content (AvgIpc) is 2.61. The highest BCUT2D eigenvalue weighted by Gasteiger charge is 2.38. The van der Waals surface area contributed by atoms with Gasteiger partial charge < -0.3 is 19.7 Å². The molecule has 0 aromatic heterocycles. The van der Waals surface area contributed by atoms with E-state index in [-0.39, 0.29) is 30.1 Å². The molecule has 1 aliphatic heterocycles. The lowest BCUT2D eigenvalue weighted by molar-refractivity contribution is -0.151. The Hall–Kier alpha value is -2.08. The molecule has 1 fully saturated rings. The summed E-state index contributed by atoms with van der Waals surface area (Å²) in [6.45, 7) is 10.7. The zero-order chi connectivity index (χ0) is 20.0. The maximum Gasteiger partial charge on any atom is 0.410 e. The molecule has 150 valence electrons. The summed E-state index contributed by atoms with van der Waals surface area (Å²) < 4.78 is 10.8. The van der Waals surface area contributed by atoms with Gasteiger partial charge in [-0.2, -0.15) is 0 Å². The molecular formula is C21H32N2O4. The Morgan fingerprint density at radius 3 is 2.52 bits per heavy atom. The highest BCUT2D eigenvalue weighted by molar-refractivity contribution is 5.74. The lowest BCUT2D eigenvalue weighted by Gasteiger charge is -2.39. The van der Waals surface area contributed by atoms with E-state index in [0.717, 1.165) is 5.56 Å². The zero-order valence-corrected chi connectivity index (χ0v) is 17.0. The predicted octanol–water partition coefficient (Wildman–Crippen LogP) is 3.53. The molecule has 1 heterocycles. The Morgan fingerprint density at radius 2 is 1.93 bits per heavy atom. The first-order chi connectivity index (χ1) is 12.7. The first-order valence-electron chi connectivity index (χ1n) is 9.67. The van der Waals surface area contributed by atoms with E-state index < -0.39 is 5.60 Å². The minimum absolute atomic E-state index is 0.0479. The van der Waals surface area contributed by atoms with Crippen LogP contribution >= 0.6 is 0 Å². The quantitative estimate of drug-likeness (QED) is 0.797. The summed E-state index contributed by atoms with van der Waals surface area (Å²) in [5.41, 5.74) is 0.587. The second kappa shape index (κ2) is 9.22. The van der Waals surface area contributed by atoms with Gasteiger partial charge in [0.2, 0.25) is 0 Å². The van der Waals surface area contributed by atoms with Crippen molar-refractivity contribution in [1.82, 2.24) is 10.2 Å². The minimum Gasteiger partial charge on any atom is -0.466 e. The van der Waals surface area contributed by atoms with Crippen molar-refractivity contribution in [3.8, 4) is 0 Å². The fourth-order valence-corrected chi connectivity index (χ4v) is 3.30. The number of benzene rings is 1. The molecule has 0 radical (unpaired) electrons. The van der Waals surface area contributed by atoms with Crippen LogP contribution < -0.4 is 5.32 Å². The van der Waals surface area contributed by atoms with Gasteiger partial charge in [-0.1, -0.05) is 30.3 Å². The number of carbonyl (C=O) groups excluding carboxylic acids is 2. The van der Waals surface area contributed by atoms with Crippen LogP contribution in [-0.2, 0) is 14.3 Å². The highest BCUT2D eigenvalue weighted by atomic mass is 16.6. The van der Waals surface area contributed by atoms with E-state index in [2.05, 4.69) is 12.2 Å². The van der Waals surface area contributed by atoms with Crippen LogP contribution in [-0.4, -0.2) is 48.3 Å². The smallest absolute Gasteiger partial charge is 0.410 e. The molecule has 3 atom stereocenters. The first kappa shape index (κ1) is 21.2. The number of esters is 1. The molecule has 27 heavy (non-hydrogen) atoms. The summed E-state index contributed by atoms with van der Waals surface area (Å²) in [6, 6.07) is 9.90. The molecule has 6 heteroatoms. The van der Waals surface area contributed by atoms with E-state index in [1.807, 2.05) is 58.0 Å². The molecule has 1 aromatic carbocycles. The lowest BCUT2D eigenvalue weighted by atomic mass is 9.90. The van der Waals surface area contributed by atoms with Gasteiger partial charge in [-0.25, -0.2) is 4.79 Å². The fraction of sp³-hybridized carbons (Fsp3) is 0.619. The van der Waals surface area contributed by atoms with Gasteiger partial charge >= 0.3 is 12.1 Å².